The molecular formula is C18H19NO2. The van der Waals surface area contributed by atoms with Gasteiger partial charge in [-0.3, -0.25) is 0 Å². The average Bonchev–Trinajstić information content (AvgIpc) is 2.84. The third-order valence-electron chi connectivity index (χ3n) is 3.86. The molecule has 3 heteroatoms. The molecule has 1 heterocycles. The Labute approximate surface area is 124 Å². The number of benzene rings is 2. The first kappa shape index (κ1) is 13.7. The van der Waals surface area contributed by atoms with Crippen LogP contribution in [0.1, 0.15) is 29.9 Å². The maximum absolute atomic E-state index is 9.80. The molecule has 0 aliphatic heterocycles. The Morgan fingerprint density at radius 3 is 2.57 bits per heavy atom. The maximum atomic E-state index is 9.80. The van der Waals surface area contributed by atoms with Gasteiger partial charge in [-0.1, -0.05) is 36.4 Å². The molecule has 2 aromatic carbocycles. The first-order chi connectivity index (χ1) is 10.2. The smallest absolute Gasteiger partial charge is 0.134 e. The first-order valence-corrected chi connectivity index (χ1v) is 7.15. The normalized spacial score (nSPS) is 12.7. The minimum atomic E-state index is 0.0806. The van der Waals surface area contributed by atoms with Crippen LogP contribution < -0.4 is 5.32 Å². The molecule has 0 amide bonds. The van der Waals surface area contributed by atoms with Crippen molar-refractivity contribution >= 4 is 11.0 Å². The molecule has 3 nitrogen and oxygen atoms in total. The second kappa shape index (κ2) is 5.62. The van der Waals surface area contributed by atoms with E-state index in [1.807, 2.05) is 36.4 Å². The fraction of sp³-hybridized carbons (Fsp3) is 0.222. The van der Waals surface area contributed by atoms with Crippen molar-refractivity contribution in [2.75, 3.05) is 0 Å². The molecule has 1 aromatic heterocycles. The van der Waals surface area contributed by atoms with E-state index in [-0.39, 0.29) is 6.04 Å². The largest absolute Gasteiger partial charge is 0.508 e. The van der Waals surface area contributed by atoms with Crippen LogP contribution in [-0.4, -0.2) is 5.11 Å². The van der Waals surface area contributed by atoms with E-state index in [9.17, 15) is 5.11 Å². The number of para-hydroxylation sites is 2. The highest BCUT2D eigenvalue weighted by Gasteiger charge is 2.16. The number of hydrogen-bond donors (Lipinski definition) is 2. The van der Waals surface area contributed by atoms with Crippen molar-refractivity contribution in [3.05, 3.63) is 65.4 Å². The van der Waals surface area contributed by atoms with Crippen molar-refractivity contribution in [2.24, 2.45) is 0 Å². The number of rotatable bonds is 4. The second-order valence-electron chi connectivity index (χ2n) is 5.32. The molecule has 0 saturated heterocycles. The van der Waals surface area contributed by atoms with Gasteiger partial charge in [0.1, 0.15) is 17.1 Å². The van der Waals surface area contributed by atoms with Crippen LogP contribution in [0.15, 0.2) is 52.9 Å². The predicted molar refractivity (Wildman–Crippen MR) is 84.3 cm³/mol. The minimum Gasteiger partial charge on any atom is -0.508 e. The van der Waals surface area contributed by atoms with Crippen LogP contribution in [0, 0.1) is 6.92 Å². The van der Waals surface area contributed by atoms with Gasteiger partial charge in [0.05, 0.1) is 6.04 Å². The molecule has 0 radical (unpaired) electrons. The Bertz CT molecular complexity index is 761. The Morgan fingerprint density at radius 2 is 1.81 bits per heavy atom. The molecule has 0 aliphatic carbocycles. The van der Waals surface area contributed by atoms with Crippen molar-refractivity contribution in [2.45, 2.75) is 26.4 Å². The SMILES string of the molecule is Cc1c(C(C)NCc2ccccc2O)oc2ccccc12. The molecular weight excluding hydrogens is 262 g/mol. The molecule has 0 spiro atoms. The third-order valence-corrected chi connectivity index (χ3v) is 3.86. The van der Waals surface area contributed by atoms with Gasteiger partial charge in [-0.25, -0.2) is 0 Å². The zero-order valence-electron chi connectivity index (χ0n) is 12.3. The maximum Gasteiger partial charge on any atom is 0.134 e. The second-order valence-corrected chi connectivity index (χ2v) is 5.32. The summed E-state index contributed by atoms with van der Waals surface area (Å²) in [4.78, 5) is 0. The average molecular weight is 281 g/mol. The van der Waals surface area contributed by atoms with E-state index >= 15 is 0 Å². The van der Waals surface area contributed by atoms with Crippen LogP contribution in [0.2, 0.25) is 0 Å². The van der Waals surface area contributed by atoms with Gasteiger partial charge in [-0.15, -0.1) is 0 Å². The van der Waals surface area contributed by atoms with Gasteiger partial charge in [0.25, 0.3) is 0 Å². The van der Waals surface area contributed by atoms with E-state index in [1.165, 1.54) is 5.56 Å². The summed E-state index contributed by atoms with van der Waals surface area (Å²) in [5.74, 6) is 1.27. The van der Waals surface area contributed by atoms with E-state index in [4.69, 9.17) is 4.42 Å². The minimum absolute atomic E-state index is 0.0806. The van der Waals surface area contributed by atoms with Crippen LogP contribution in [0.25, 0.3) is 11.0 Å². The van der Waals surface area contributed by atoms with Crippen LogP contribution in [0.5, 0.6) is 5.75 Å². The lowest BCUT2D eigenvalue weighted by atomic mass is 10.1. The number of hydrogen-bond acceptors (Lipinski definition) is 3. The summed E-state index contributed by atoms with van der Waals surface area (Å²) in [5, 5.41) is 14.4. The van der Waals surface area contributed by atoms with Crippen LogP contribution in [0.4, 0.5) is 0 Å². The lowest BCUT2D eigenvalue weighted by Gasteiger charge is -2.13. The highest BCUT2D eigenvalue weighted by Crippen LogP contribution is 2.29. The van der Waals surface area contributed by atoms with Crippen LogP contribution in [-0.2, 0) is 6.54 Å². The number of phenolic OH excluding ortho intramolecular Hbond substituents is 1. The first-order valence-electron chi connectivity index (χ1n) is 7.15. The van der Waals surface area contributed by atoms with Crippen LogP contribution >= 0.6 is 0 Å². The lowest BCUT2D eigenvalue weighted by molar-refractivity contribution is 0.434. The monoisotopic (exact) mass is 281 g/mol. The molecule has 0 fully saturated rings. The van der Waals surface area contributed by atoms with Gasteiger partial charge in [-0.05, 0) is 31.5 Å². The van der Waals surface area contributed by atoms with Crippen molar-refractivity contribution in [3.8, 4) is 5.75 Å². The third kappa shape index (κ3) is 2.65. The summed E-state index contributed by atoms with van der Waals surface area (Å²) in [6, 6.07) is 15.5. The molecule has 2 N–H and O–H groups in total. The van der Waals surface area contributed by atoms with E-state index in [0.29, 0.717) is 12.3 Å². The summed E-state index contributed by atoms with van der Waals surface area (Å²) in [7, 11) is 0. The summed E-state index contributed by atoms with van der Waals surface area (Å²) in [5.41, 5.74) is 2.97. The highest BCUT2D eigenvalue weighted by molar-refractivity contribution is 5.82. The molecule has 108 valence electrons. The number of fused-ring (bicyclic) bond motifs is 1. The zero-order valence-corrected chi connectivity index (χ0v) is 12.3. The number of aromatic hydroxyl groups is 1. The molecule has 0 saturated carbocycles. The van der Waals surface area contributed by atoms with E-state index in [2.05, 4.69) is 25.2 Å². The van der Waals surface area contributed by atoms with E-state index in [0.717, 1.165) is 22.3 Å². The fourth-order valence-corrected chi connectivity index (χ4v) is 2.62. The number of phenols is 1. The molecule has 3 aromatic rings. The van der Waals surface area contributed by atoms with Gasteiger partial charge < -0.3 is 14.8 Å². The Hall–Kier alpha value is -2.26. The van der Waals surface area contributed by atoms with Crippen molar-refractivity contribution < 1.29 is 9.52 Å². The zero-order chi connectivity index (χ0) is 14.8. The van der Waals surface area contributed by atoms with Gasteiger partial charge in [0, 0.05) is 17.5 Å². The van der Waals surface area contributed by atoms with Gasteiger partial charge in [0.2, 0.25) is 0 Å². The van der Waals surface area contributed by atoms with E-state index in [1.54, 1.807) is 6.07 Å². The van der Waals surface area contributed by atoms with Crippen LogP contribution in [0.3, 0.4) is 0 Å². The fourth-order valence-electron chi connectivity index (χ4n) is 2.62. The number of furan rings is 1. The lowest BCUT2D eigenvalue weighted by Crippen LogP contribution is -2.18. The topological polar surface area (TPSA) is 45.4 Å². The quantitative estimate of drug-likeness (QED) is 0.749. The van der Waals surface area contributed by atoms with E-state index < -0.39 is 0 Å². The van der Waals surface area contributed by atoms with Crippen molar-refractivity contribution in [1.29, 1.82) is 0 Å². The molecule has 0 bridgehead atoms. The molecule has 3 rings (SSSR count). The number of nitrogens with one attached hydrogen (secondary N) is 1. The molecule has 21 heavy (non-hydrogen) atoms. The Morgan fingerprint density at radius 1 is 1.10 bits per heavy atom. The Balaban J connectivity index is 1.80. The Kier molecular flexibility index (Phi) is 3.67. The summed E-state index contributed by atoms with van der Waals surface area (Å²) >= 11 is 0. The van der Waals surface area contributed by atoms with Gasteiger partial charge in [-0.2, -0.15) is 0 Å². The molecule has 0 aliphatic rings. The molecule has 1 atom stereocenters. The summed E-state index contributed by atoms with van der Waals surface area (Å²) < 4.78 is 5.95. The number of aryl methyl sites for hydroxylation is 1. The van der Waals surface area contributed by atoms with Crippen molar-refractivity contribution in [3.63, 3.8) is 0 Å². The summed E-state index contributed by atoms with van der Waals surface area (Å²) in [6.07, 6.45) is 0. The summed E-state index contributed by atoms with van der Waals surface area (Å²) in [6.45, 7) is 4.76. The standard InChI is InChI=1S/C18H19NO2/c1-12-15-8-4-6-10-17(15)21-18(12)13(2)19-11-14-7-3-5-9-16(14)20/h3-10,13,19-20H,11H2,1-2H3. The predicted octanol–water partition coefficient (Wildman–Crippen LogP) is 4.30. The highest BCUT2D eigenvalue weighted by atomic mass is 16.3. The van der Waals surface area contributed by atoms with Crippen molar-refractivity contribution in [1.82, 2.24) is 5.32 Å². The molecule has 1 unspecified atom stereocenters. The van der Waals surface area contributed by atoms with Gasteiger partial charge in [0.15, 0.2) is 0 Å². The van der Waals surface area contributed by atoms with Gasteiger partial charge >= 0.3 is 0 Å².